The van der Waals surface area contributed by atoms with Crippen LogP contribution in [0.4, 0.5) is 10.6 Å². The van der Waals surface area contributed by atoms with Crippen molar-refractivity contribution in [1.82, 2.24) is 24.8 Å². The van der Waals surface area contributed by atoms with Crippen molar-refractivity contribution < 1.29 is 9.90 Å². The second kappa shape index (κ2) is 7.34. The lowest BCUT2D eigenvalue weighted by molar-refractivity contribution is 0.0741. The molecule has 4 heterocycles. The van der Waals surface area contributed by atoms with Crippen LogP contribution in [0.1, 0.15) is 26.2 Å². The summed E-state index contributed by atoms with van der Waals surface area (Å²) in [6.45, 7) is 5.00. The average molecular weight is 372 g/mol. The van der Waals surface area contributed by atoms with Crippen molar-refractivity contribution >= 4 is 22.9 Å². The molecular weight excluding hydrogens is 344 g/mol. The number of hydrogen-bond acceptors (Lipinski definition) is 5. The molecule has 0 saturated carbocycles. The molecule has 0 aromatic carbocycles. The highest BCUT2D eigenvalue weighted by atomic mass is 16.3. The smallest absolute Gasteiger partial charge is 0.320 e. The summed E-state index contributed by atoms with van der Waals surface area (Å²) in [4.78, 5) is 30.9. The van der Waals surface area contributed by atoms with Crippen LogP contribution in [0, 0.1) is 5.92 Å². The van der Waals surface area contributed by atoms with Gasteiger partial charge in [-0.15, -0.1) is 0 Å². The van der Waals surface area contributed by atoms with E-state index in [4.69, 9.17) is 0 Å². The van der Waals surface area contributed by atoms with Crippen LogP contribution < -0.4 is 4.90 Å². The molecule has 2 aromatic rings. The minimum absolute atomic E-state index is 0.0988. The SMILES string of the molecule is CC1CCN(C(=O)N2CCC(O)CC2)CC1N(C)c1ncnc2[nH]ccc12. The van der Waals surface area contributed by atoms with Crippen molar-refractivity contribution in [1.29, 1.82) is 0 Å². The van der Waals surface area contributed by atoms with Gasteiger partial charge in [-0.05, 0) is 31.2 Å². The molecule has 2 N–H and O–H groups in total. The van der Waals surface area contributed by atoms with Gasteiger partial charge in [0.25, 0.3) is 0 Å². The minimum Gasteiger partial charge on any atom is -0.393 e. The molecule has 0 spiro atoms. The molecule has 2 unspecified atom stereocenters. The summed E-state index contributed by atoms with van der Waals surface area (Å²) in [5, 5.41) is 10.7. The van der Waals surface area contributed by atoms with Gasteiger partial charge in [-0.3, -0.25) is 0 Å². The Morgan fingerprint density at radius 2 is 1.96 bits per heavy atom. The van der Waals surface area contributed by atoms with E-state index in [2.05, 4.69) is 33.8 Å². The van der Waals surface area contributed by atoms with E-state index < -0.39 is 0 Å². The van der Waals surface area contributed by atoms with Crippen LogP contribution in [0.5, 0.6) is 0 Å². The van der Waals surface area contributed by atoms with Gasteiger partial charge >= 0.3 is 6.03 Å². The summed E-state index contributed by atoms with van der Waals surface area (Å²) >= 11 is 0. The normalized spacial score (nSPS) is 24.4. The maximum atomic E-state index is 13.0. The largest absolute Gasteiger partial charge is 0.393 e. The predicted molar refractivity (Wildman–Crippen MR) is 104 cm³/mol. The van der Waals surface area contributed by atoms with Gasteiger partial charge in [0.2, 0.25) is 0 Å². The summed E-state index contributed by atoms with van der Waals surface area (Å²) in [6, 6.07) is 2.30. The summed E-state index contributed by atoms with van der Waals surface area (Å²) < 4.78 is 0. The Labute approximate surface area is 159 Å². The fourth-order valence-corrected chi connectivity index (χ4v) is 4.28. The molecule has 2 aromatic heterocycles. The maximum absolute atomic E-state index is 13.0. The number of piperidine rings is 2. The first-order valence-corrected chi connectivity index (χ1v) is 9.77. The monoisotopic (exact) mass is 372 g/mol. The number of rotatable bonds is 2. The summed E-state index contributed by atoms with van der Waals surface area (Å²) in [5.41, 5.74) is 0.829. The van der Waals surface area contributed by atoms with Crippen molar-refractivity contribution in [2.75, 3.05) is 38.1 Å². The number of anilines is 1. The fraction of sp³-hybridized carbons (Fsp3) is 0.632. The maximum Gasteiger partial charge on any atom is 0.320 e. The predicted octanol–water partition coefficient (Wildman–Crippen LogP) is 1.68. The number of carbonyl (C=O) groups is 1. The van der Waals surface area contributed by atoms with E-state index in [0.29, 0.717) is 38.4 Å². The average Bonchev–Trinajstić information content (AvgIpc) is 3.17. The molecule has 2 saturated heterocycles. The molecule has 2 fully saturated rings. The Balaban J connectivity index is 1.50. The number of urea groups is 1. The zero-order chi connectivity index (χ0) is 19.0. The standard InChI is InChI=1S/C19H28N6O2/c1-13-4-8-25(19(27)24-9-5-14(26)6-10-24)11-16(13)23(2)18-15-3-7-20-17(15)21-12-22-18/h3,7,12-14,16,26H,4-6,8-11H2,1-2H3,(H,20,21,22). The van der Waals surface area contributed by atoms with E-state index >= 15 is 0 Å². The molecule has 2 aliphatic heterocycles. The fourth-order valence-electron chi connectivity index (χ4n) is 4.28. The van der Waals surface area contributed by atoms with Gasteiger partial charge < -0.3 is 24.8 Å². The Morgan fingerprint density at radius 3 is 2.74 bits per heavy atom. The highest BCUT2D eigenvalue weighted by molar-refractivity contribution is 5.87. The lowest BCUT2D eigenvalue weighted by Crippen LogP contribution is -2.56. The number of nitrogens with one attached hydrogen (secondary N) is 1. The van der Waals surface area contributed by atoms with E-state index in [-0.39, 0.29) is 18.2 Å². The van der Waals surface area contributed by atoms with Crippen LogP contribution >= 0.6 is 0 Å². The lowest BCUT2D eigenvalue weighted by Gasteiger charge is -2.44. The van der Waals surface area contributed by atoms with Crippen molar-refractivity contribution in [2.24, 2.45) is 5.92 Å². The van der Waals surface area contributed by atoms with Gasteiger partial charge in [0.1, 0.15) is 17.8 Å². The molecule has 0 aliphatic carbocycles. The summed E-state index contributed by atoms with van der Waals surface area (Å²) in [6.07, 6.45) is 5.51. The number of fused-ring (bicyclic) bond motifs is 1. The van der Waals surface area contributed by atoms with Crippen LogP contribution in [0.3, 0.4) is 0 Å². The highest BCUT2D eigenvalue weighted by Gasteiger charge is 2.35. The lowest BCUT2D eigenvalue weighted by atomic mass is 9.92. The van der Waals surface area contributed by atoms with Crippen LogP contribution in [-0.4, -0.2) is 81.3 Å². The number of H-pyrrole nitrogens is 1. The van der Waals surface area contributed by atoms with Crippen LogP contribution in [0.15, 0.2) is 18.6 Å². The molecule has 8 nitrogen and oxygen atoms in total. The molecule has 2 amide bonds. The number of amides is 2. The minimum atomic E-state index is -0.268. The number of nitrogens with zero attached hydrogens (tertiary/aromatic N) is 5. The molecule has 146 valence electrons. The molecule has 2 atom stereocenters. The van der Waals surface area contributed by atoms with Crippen molar-refractivity contribution in [3.05, 3.63) is 18.6 Å². The van der Waals surface area contributed by atoms with Crippen LogP contribution in [0.25, 0.3) is 11.0 Å². The summed E-state index contributed by atoms with van der Waals surface area (Å²) in [7, 11) is 2.06. The second-order valence-electron chi connectivity index (χ2n) is 7.83. The Morgan fingerprint density at radius 1 is 1.22 bits per heavy atom. The number of aromatic nitrogens is 3. The third-order valence-electron chi connectivity index (χ3n) is 6.09. The first kappa shape index (κ1) is 18.0. The van der Waals surface area contributed by atoms with Gasteiger partial charge in [-0.25, -0.2) is 14.8 Å². The van der Waals surface area contributed by atoms with Gasteiger partial charge in [-0.1, -0.05) is 6.92 Å². The third-order valence-corrected chi connectivity index (χ3v) is 6.09. The molecule has 8 heteroatoms. The zero-order valence-corrected chi connectivity index (χ0v) is 16.0. The molecule has 0 bridgehead atoms. The van der Waals surface area contributed by atoms with Crippen molar-refractivity contribution in [2.45, 2.75) is 38.3 Å². The number of likely N-dealkylation sites (N-methyl/N-ethyl adjacent to an activating group) is 1. The van der Waals surface area contributed by atoms with Crippen LogP contribution in [0.2, 0.25) is 0 Å². The van der Waals surface area contributed by atoms with Gasteiger partial charge in [0.05, 0.1) is 17.5 Å². The first-order chi connectivity index (χ1) is 13.0. The number of likely N-dealkylation sites (tertiary alicyclic amines) is 2. The molecule has 0 radical (unpaired) electrons. The summed E-state index contributed by atoms with van der Waals surface area (Å²) in [5.74, 6) is 1.36. The first-order valence-electron chi connectivity index (χ1n) is 9.77. The Bertz CT molecular complexity index is 800. The van der Waals surface area contributed by atoms with E-state index in [9.17, 15) is 9.90 Å². The van der Waals surface area contributed by atoms with Gasteiger partial charge in [-0.2, -0.15) is 0 Å². The quantitative estimate of drug-likeness (QED) is 0.837. The van der Waals surface area contributed by atoms with E-state index in [1.54, 1.807) is 6.33 Å². The molecular formula is C19H28N6O2. The number of hydrogen-bond donors (Lipinski definition) is 2. The van der Waals surface area contributed by atoms with E-state index in [0.717, 1.165) is 29.8 Å². The topological polar surface area (TPSA) is 88.6 Å². The Hall–Kier alpha value is -2.35. The van der Waals surface area contributed by atoms with Crippen molar-refractivity contribution in [3.8, 4) is 0 Å². The van der Waals surface area contributed by atoms with Gasteiger partial charge in [0.15, 0.2) is 0 Å². The number of aliphatic hydroxyl groups excluding tert-OH is 1. The number of aliphatic hydroxyl groups is 1. The number of aromatic amines is 1. The molecule has 2 aliphatic rings. The van der Waals surface area contributed by atoms with E-state index in [1.165, 1.54) is 0 Å². The third kappa shape index (κ3) is 3.45. The second-order valence-corrected chi connectivity index (χ2v) is 7.83. The molecule has 27 heavy (non-hydrogen) atoms. The number of carbonyl (C=O) groups excluding carboxylic acids is 1. The Kier molecular flexibility index (Phi) is 4.90. The zero-order valence-electron chi connectivity index (χ0n) is 16.0. The van der Waals surface area contributed by atoms with Crippen LogP contribution in [-0.2, 0) is 0 Å². The van der Waals surface area contributed by atoms with E-state index in [1.807, 2.05) is 22.1 Å². The molecule has 4 rings (SSSR count). The highest BCUT2D eigenvalue weighted by Crippen LogP contribution is 2.29. The van der Waals surface area contributed by atoms with Crippen molar-refractivity contribution in [3.63, 3.8) is 0 Å². The van der Waals surface area contributed by atoms with Gasteiger partial charge in [0, 0.05) is 39.4 Å².